The van der Waals surface area contributed by atoms with Gasteiger partial charge >= 0.3 is 0 Å². The highest BCUT2D eigenvalue weighted by atomic mass is 79.9. The van der Waals surface area contributed by atoms with Gasteiger partial charge in [-0.3, -0.25) is 9.97 Å². The smallest absolute Gasteiger partial charge is 0.105 e. The molecule has 3 rings (SSSR count). The van der Waals surface area contributed by atoms with Crippen LogP contribution >= 0.6 is 15.9 Å². The number of hydrogen-bond donors (Lipinski definition) is 0. The zero-order valence-electron chi connectivity index (χ0n) is 8.86. The Morgan fingerprint density at radius 2 is 1.81 bits per heavy atom. The zero-order valence-corrected chi connectivity index (χ0v) is 10.4. The van der Waals surface area contributed by atoms with Gasteiger partial charge in [-0.05, 0) is 40.9 Å². The van der Waals surface area contributed by atoms with Crippen LogP contribution in [0.1, 0.15) is 12.8 Å². The molecule has 2 heterocycles. The number of aromatic nitrogens is 2. The largest absolute Gasteiger partial charge is 0.371 e. The van der Waals surface area contributed by atoms with Crippen molar-refractivity contribution in [2.45, 2.75) is 12.8 Å². The molecule has 3 nitrogen and oxygen atoms in total. The average molecular weight is 278 g/mol. The lowest BCUT2D eigenvalue weighted by molar-refractivity contribution is 0.949. The van der Waals surface area contributed by atoms with Crippen molar-refractivity contribution in [2.24, 2.45) is 0 Å². The first-order valence-corrected chi connectivity index (χ1v) is 6.30. The molecule has 16 heavy (non-hydrogen) atoms. The number of halogens is 1. The van der Waals surface area contributed by atoms with Crippen LogP contribution in [0.3, 0.4) is 0 Å². The lowest BCUT2D eigenvalue weighted by atomic mass is 10.2. The Kier molecular flexibility index (Phi) is 2.52. The zero-order chi connectivity index (χ0) is 11.0. The molecule has 0 radical (unpaired) electrons. The number of fused-ring (bicyclic) bond motifs is 1. The standard InChI is InChI=1S/C12H12BrN3/c13-11-10(16-7-1-2-8-16)4-3-9-12(11)15-6-5-14-9/h3-6H,1-2,7-8H2. The highest BCUT2D eigenvalue weighted by Gasteiger charge is 2.16. The molecule has 4 heteroatoms. The summed E-state index contributed by atoms with van der Waals surface area (Å²) >= 11 is 3.65. The maximum Gasteiger partial charge on any atom is 0.105 e. The SMILES string of the molecule is Brc1c(N2CCCC2)ccc2nccnc12. The molecule has 0 N–H and O–H groups in total. The van der Waals surface area contributed by atoms with Gasteiger partial charge in [-0.25, -0.2) is 0 Å². The summed E-state index contributed by atoms with van der Waals surface area (Å²) in [6, 6.07) is 4.17. The van der Waals surface area contributed by atoms with Gasteiger partial charge in [0.05, 0.1) is 15.7 Å². The molecule has 1 aromatic carbocycles. The van der Waals surface area contributed by atoms with Crippen LogP contribution in [0.2, 0.25) is 0 Å². The van der Waals surface area contributed by atoms with Gasteiger partial charge in [-0.1, -0.05) is 0 Å². The predicted molar refractivity (Wildman–Crippen MR) is 68.7 cm³/mol. The molecule has 1 aromatic heterocycles. The molecular formula is C12H12BrN3. The maximum atomic E-state index is 4.38. The van der Waals surface area contributed by atoms with Crippen LogP contribution in [0, 0.1) is 0 Å². The van der Waals surface area contributed by atoms with E-state index in [9.17, 15) is 0 Å². The molecule has 1 aliphatic heterocycles. The number of rotatable bonds is 1. The third kappa shape index (κ3) is 1.57. The summed E-state index contributed by atoms with van der Waals surface area (Å²) in [6.45, 7) is 2.29. The van der Waals surface area contributed by atoms with Gasteiger partial charge in [0.25, 0.3) is 0 Å². The van der Waals surface area contributed by atoms with Crippen molar-refractivity contribution in [3.05, 3.63) is 29.0 Å². The van der Waals surface area contributed by atoms with Gasteiger partial charge < -0.3 is 4.90 Å². The van der Waals surface area contributed by atoms with Gasteiger partial charge in [0.15, 0.2) is 0 Å². The van der Waals surface area contributed by atoms with Gasteiger partial charge in [-0.15, -0.1) is 0 Å². The van der Waals surface area contributed by atoms with E-state index >= 15 is 0 Å². The van der Waals surface area contributed by atoms with E-state index in [0.717, 1.165) is 28.6 Å². The fourth-order valence-corrected chi connectivity index (χ4v) is 2.88. The van der Waals surface area contributed by atoms with E-state index in [1.807, 2.05) is 6.07 Å². The third-order valence-corrected chi connectivity index (χ3v) is 3.79. The average Bonchev–Trinajstić information content (AvgIpc) is 2.83. The van der Waals surface area contributed by atoms with Crippen molar-refractivity contribution in [1.29, 1.82) is 0 Å². The summed E-state index contributed by atoms with van der Waals surface area (Å²) in [5, 5.41) is 0. The fourth-order valence-electron chi connectivity index (χ4n) is 2.19. The summed E-state index contributed by atoms with van der Waals surface area (Å²) in [4.78, 5) is 11.1. The summed E-state index contributed by atoms with van der Waals surface area (Å²) < 4.78 is 1.07. The summed E-state index contributed by atoms with van der Waals surface area (Å²) in [5.41, 5.74) is 3.13. The van der Waals surface area contributed by atoms with Crippen LogP contribution in [0.4, 0.5) is 5.69 Å². The lowest BCUT2D eigenvalue weighted by Gasteiger charge is -2.19. The van der Waals surface area contributed by atoms with E-state index < -0.39 is 0 Å². The second-order valence-corrected chi connectivity index (χ2v) is 4.81. The Labute approximate surface area is 103 Å². The minimum atomic E-state index is 0.942. The molecule has 0 saturated carbocycles. The van der Waals surface area contributed by atoms with Gasteiger partial charge in [0, 0.05) is 25.5 Å². The first kappa shape index (κ1) is 10.0. The second-order valence-electron chi connectivity index (χ2n) is 4.02. The highest BCUT2D eigenvalue weighted by Crippen LogP contribution is 2.33. The Morgan fingerprint density at radius 1 is 1.06 bits per heavy atom. The molecule has 0 atom stereocenters. The second kappa shape index (κ2) is 4.01. The van der Waals surface area contributed by atoms with Crippen LogP contribution in [-0.2, 0) is 0 Å². The third-order valence-electron chi connectivity index (χ3n) is 3.01. The molecule has 1 aliphatic rings. The van der Waals surface area contributed by atoms with Crippen LogP contribution in [0.25, 0.3) is 11.0 Å². The van der Waals surface area contributed by atoms with E-state index in [4.69, 9.17) is 0 Å². The van der Waals surface area contributed by atoms with Crippen molar-refractivity contribution >= 4 is 32.7 Å². The van der Waals surface area contributed by atoms with E-state index in [2.05, 4.69) is 36.9 Å². The molecule has 0 spiro atoms. The molecule has 1 saturated heterocycles. The van der Waals surface area contributed by atoms with Crippen molar-refractivity contribution < 1.29 is 0 Å². The number of nitrogens with zero attached hydrogens (tertiary/aromatic N) is 3. The monoisotopic (exact) mass is 277 g/mol. The number of anilines is 1. The quantitative estimate of drug-likeness (QED) is 0.803. The summed E-state index contributed by atoms with van der Waals surface area (Å²) in [7, 11) is 0. The Morgan fingerprint density at radius 3 is 2.62 bits per heavy atom. The summed E-state index contributed by atoms with van der Waals surface area (Å²) in [6.07, 6.45) is 6.03. The van der Waals surface area contributed by atoms with Crippen molar-refractivity contribution in [2.75, 3.05) is 18.0 Å². The number of hydrogen-bond acceptors (Lipinski definition) is 3. The molecule has 0 aliphatic carbocycles. The van der Waals surface area contributed by atoms with Crippen LogP contribution in [0.15, 0.2) is 29.0 Å². The molecule has 0 unspecified atom stereocenters. The lowest BCUT2D eigenvalue weighted by Crippen LogP contribution is -2.18. The molecule has 0 bridgehead atoms. The molecular weight excluding hydrogens is 266 g/mol. The maximum absolute atomic E-state index is 4.38. The first-order chi connectivity index (χ1) is 7.86. The van der Waals surface area contributed by atoms with Gasteiger partial charge in [0.2, 0.25) is 0 Å². The molecule has 82 valence electrons. The van der Waals surface area contributed by atoms with Crippen LogP contribution < -0.4 is 4.90 Å². The van der Waals surface area contributed by atoms with Crippen LogP contribution in [-0.4, -0.2) is 23.1 Å². The van der Waals surface area contributed by atoms with Crippen molar-refractivity contribution in [3.63, 3.8) is 0 Å². The van der Waals surface area contributed by atoms with E-state index in [0.29, 0.717) is 0 Å². The molecule has 0 amide bonds. The Hall–Kier alpha value is -1.16. The van der Waals surface area contributed by atoms with Crippen LogP contribution in [0.5, 0.6) is 0 Å². The topological polar surface area (TPSA) is 29.0 Å². The Balaban J connectivity index is 2.15. The first-order valence-electron chi connectivity index (χ1n) is 5.50. The number of benzene rings is 1. The van der Waals surface area contributed by atoms with Gasteiger partial charge in [0.1, 0.15) is 5.52 Å². The molecule has 2 aromatic rings. The Bertz CT molecular complexity index is 521. The predicted octanol–water partition coefficient (Wildman–Crippen LogP) is 2.99. The highest BCUT2D eigenvalue weighted by molar-refractivity contribution is 9.10. The van der Waals surface area contributed by atoms with Gasteiger partial charge in [-0.2, -0.15) is 0 Å². The summed E-state index contributed by atoms with van der Waals surface area (Å²) in [5.74, 6) is 0. The minimum Gasteiger partial charge on any atom is -0.371 e. The van der Waals surface area contributed by atoms with Crippen molar-refractivity contribution in [3.8, 4) is 0 Å². The normalized spacial score (nSPS) is 15.9. The van der Waals surface area contributed by atoms with E-state index in [1.165, 1.54) is 18.5 Å². The fraction of sp³-hybridized carbons (Fsp3) is 0.333. The minimum absolute atomic E-state index is 0.942. The molecule has 1 fully saturated rings. The van der Waals surface area contributed by atoms with E-state index in [-0.39, 0.29) is 0 Å². The van der Waals surface area contributed by atoms with E-state index in [1.54, 1.807) is 12.4 Å². The van der Waals surface area contributed by atoms with Crippen molar-refractivity contribution in [1.82, 2.24) is 9.97 Å².